The average Bonchev–Trinajstić information content (AvgIpc) is 3.00. The second-order valence-corrected chi connectivity index (χ2v) is 6.42. The molecule has 1 unspecified atom stereocenters. The summed E-state index contributed by atoms with van der Waals surface area (Å²) in [5, 5.41) is 12.0. The topological polar surface area (TPSA) is 46.0 Å². The van der Waals surface area contributed by atoms with Crippen LogP contribution in [0.3, 0.4) is 0 Å². The van der Waals surface area contributed by atoms with Crippen molar-refractivity contribution in [1.82, 2.24) is 9.97 Å². The summed E-state index contributed by atoms with van der Waals surface area (Å²) in [5.41, 5.74) is 4.62. The van der Waals surface area contributed by atoms with Gasteiger partial charge in [-0.2, -0.15) is 0 Å². The molecule has 0 spiro atoms. The van der Waals surface area contributed by atoms with Crippen LogP contribution >= 0.6 is 0 Å². The van der Waals surface area contributed by atoms with Gasteiger partial charge in [0, 0.05) is 23.5 Å². The van der Waals surface area contributed by atoms with E-state index in [9.17, 15) is 5.11 Å². The highest BCUT2D eigenvalue weighted by Crippen LogP contribution is 2.52. The van der Waals surface area contributed by atoms with Gasteiger partial charge < -0.3 is 5.11 Å². The van der Waals surface area contributed by atoms with Crippen molar-refractivity contribution in [1.29, 1.82) is 0 Å². The Morgan fingerprint density at radius 2 is 1.35 bits per heavy atom. The maximum Gasteiger partial charge on any atom is 0.145 e. The van der Waals surface area contributed by atoms with Gasteiger partial charge in [-0.15, -0.1) is 0 Å². The molecule has 124 valence electrons. The van der Waals surface area contributed by atoms with Crippen LogP contribution in [0.15, 0.2) is 91.3 Å². The number of benzene rings is 2. The van der Waals surface area contributed by atoms with E-state index in [1.54, 1.807) is 12.4 Å². The first-order valence-electron chi connectivity index (χ1n) is 8.59. The van der Waals surface area contributed by atoms with E-state index in [4.69, 9.17) is 0 Å². The first kappa shape index (κ1) is 15.0. The number of nitrogens with zero attached hydrogens (tertiary/aromatic N) is 2. The molecule has 2 heterocycles. The van der Waals surface area contributed by atoms with Gasteiger partial charge in [0.25, 0.3) is 0 Å². The van der Waals surface area contributed by atoms with Crippen molar-refractivity contribution >= 4 is 0 Å². The van der Waals surface area contributed by atoms with E-state index in [1.807, 2.05) is 66.7 Å². The zero-order valence-electron chi connectivity index (χ0n) is 14.0. The van der Waals surface area contributed by atoms with Gasteiger partial charge in [0.2, 0.25) is 0 Å². The molecule has 3 nitrogen and oxygen atoms in total. The quantitative estimate of drug-likeness (QED) is 0.590. The number of rotatable bonds is 2. The van der Waals surface area contributed by atoms with Crippen LogP contribution in [0.4, 0.5) is 0 Å². The highest BCUT2D eigenvalue weighted by molar-refractivity contribution is 5.85. The van der Waals surface area contributed by atoms with Gasteiger partial charge in [-0.3, -0.25) is 9.97 Å². The smallest absolute Gasteiger partial charge is 0.145 e. The van der Waals surface area contributed by atoms with Gasteiger partial charge in [-0.25, -0.2) is 0 Å². The van der Waals surface area contributed by atoms with Gasteiger partial charge in [0.1, 0.15) is 5.60 Å². The molecule has 0 saturated carbocycles. The van der Waals surface area contributed by atoms with Crippen LogP contribution in [0.1, 0.15) is 16.7 Å². The lowest BCUT2D eigenvalue weighted by Gasteiger charge is -2.27. The van der Waals surface area contributed by atoms with Gasteiger partial charge >= 0.3 is 0 Å². The number of aliphatic hydroxyl groups is 1. The molecule has 3 heteroatoms. The first-order valence-corrected chi connectivity index (χ1v) is 8.59. The van der Waals surface area contributed by atoms with Crippen molar-refractivity contribution in [2.24, 2.45) is 0 Å². The summed E-state index contributed by atoms with van der Waals surface area (Å²) >= 11 is 0. The zero-order valence-corrected chi connectivity index (χ0v) is 14.0. The molecule has 1 aliphatic rings. The van der Waals surface area contributed by atoms with E-state index in [-0.39, 0.29) is 0 Å². The molecule has 0 bridgehead atoms. The Bertz CT molecular complexity index is 1090. The molecule has 0 radical (unpaired) electrons. The largest absolute Gasteiger partial charge is 0.376 e. The minimum absolute atomic E-state index is 0.742. The van der Waals surface area contributed by atoms with E-state index in [1.165, 1.54) is 0 Å². The van der Waals surface area contributed by atoms with Crippen molar-refractivity contribution < 1.29 is 5.11 Å². The fourth-order valence-corrected chi connectivity index (χ4v) is 3.87. The molecule has 26 heavy (non-hydrogen) atoms. The molecule has 1 aliphatic carbocycles. The third-order valence-corrected chi connectivity index (χ3v) is 5.01. The highest BCUT2D eigenvalue weighted by atomic mass is 16.3. The molecule has 1 N–H and O–H groups in total. The molecule has 5 rings (SSSR count). The van der Waals surface area contributed by atoms with E-state index < -0.39 is 5.60 Å². The maximum absolute atomic E-state index is 12.0. The van der Waals surface area contributed by atoms with Crippen molar-refractivity contribution in [2.45, 2.75) is 5.60 Å². The van der Waals surface area contributed by atoms with Crippen LogP contribution in [-0.2, 0) is 5.60 Å². The second-order valence-electron chi connectivity index (χ2n) is 6.42. The Morgan fingerprint density at radius 1 is 0.654 bits per heavy atom. The lowest BCUT2D eigenvalue weighted by Crippen LogP contribution is -2.27. The summed E-state index contributed by atoms with van der Waals surface area (Å²) in [6.45, 7) is 0. The van der Waals surface area contributed by atoms with E-state index in [0.717, 1.165) is 39.2 Å². The van der Waals surface area contributed by atoms with E-state index in [2.05, 4.69) is 22.1 Å². The van der Waals surface area contributed by atoms with Crippen LogP contribution < -0.4 is 0 Å². The Balaban J connectivity index is 1.89. The molecule has 2 aromatic heterocycles. The van der Waals surface area contributed by atoms with Crippen molar-refractivity contribution in [3.05, 3.63) is 108 Å². The van der Waals surface area contributed by atoms with Gasteiger partial charge in [-0.05, 0) is 28.8 Å². The zero-order chi connectivity index (χ0) is 17.6. The molecular formula is C23H16N2O. The van der Waals surface area contributed by atoms with Crippen LogP contribution in [0.5, 0.6) is 0 Å². The Hall–Kier alpha value is -3.30. The lowest BCUT2D eigenvalue weighted by molar-refractivity contribution is 0.131. The summed E-state index contributed by atoms with van der Waals surface area (Å²) in [6.07, 6.45) is 3.53. The van der Waals surface area contributed by atoms with E-state index >= 15 is 0 Å². The van der Waals surface area contributed by atoms with Crippen LogP contribution in [0.2, 0.25) is 0 Å². The van der Waals surface area contributed by atoms with Crippen molar-refractivity contribution in [3.8, 4) is 22.5 Å². The molecule has 4 aromatic rings. The monoisotopic (exact) mass is 336 g/mol. The summed E-state index contributed by atoms with van der Waals surface area (Å²) < 4.78 is 0. The molecule has 0 aliphatic heterocycles. The standard InChI is InChI=1S/C23H16N2O/c26-23(17-10-5-2-6-11-17)19-12-7-14-24-21(19)22-20(23)18(13-15-25-22)16-8-3-1-4-9-16/h1-15,26H. The number of pyridine rings is 2. The minimum atomic E-state index is -1.28. The predicted molar refractivity (Wildman–Crippen MR) is 101 cm³/mol. The fraction of sp³-hybridized carbons (Fsp3) is 0.0435. The van der Waals surface area contributed by atoms with Gasteiger partial charge in [0.15, 0.2) is 0 Å². The molecule has 0 amide bonds. The van der Waals surface area contributed by atoms with Gasteiger partial charge in [0.05, 0.1) is 11.4 Å². The summed E-state index contributed by atoms with van der Waals surface area (Å²) in [6, 6.07) is 25.6. The summed E-state index contributed by atoms with van der Waals surface area (Å²) in [5.74, 6) is 0. The second kappa shape index (κ2) is 5.61. The average molecular weight is 336 g/mol. The maximum atomic E-state index is 12.0. The SMILES string of the molecule is OC1(c2ccccc2)c2cccnc2-c2nccc(-c3ccccc3)c21. The molecular weight excluding hydrogens is 320 g/mol. The molecule has 2 aromatic carbocycles. The predicted octanol–water partition coefficient (Wildman–Crippen LogP) is 4.41. The third kappa shape index (κ3) is 1.98. The highest BCUT2D eigenvalue weighted by Gasteiger charge is 2.46. The third-order valence-electron chi connectivity index (χ3n) is 5.01. The molecule has 0 saturated heterocycles. The van der Waals surface area contributed by atoms with Crippen LogP contribution in [-0.4, -0.2) is 15.1 Å². The fourth-order valence-electron chi connectivity index (χ4n) is 3.87. The van der Waals surface area contributed by atoms with Crippen molar-refractivity contribution in [3.63, 3.8) is 0 Å². The Morgan fingerprint density at radius 3 is 2.12 bits per heavy atom. The van der Waals surface area contributed by atoms with Crippen molar-refractivity contribution in [2.75, 3.05) is 0 Å². The normalized spacial score (nSPS) is 17.6. The Kier molecular flexibility index (Phi) is 3.24. The Labute approximate surface area is 151 Å². The summed E-state index contributed by atoms with van der Waals surface area (Å²) in [4.78, 5) is 9.12. The van der Waals surface area contributed by atoms with Crippen LogP contribution in [0.25, 0.3) is 22.5 Å². The number of aromatic nitrogens is 2. The van der Waals surface area contributed by atoms with E-state index in [0.29, 0.717) is 0 Å². The first-order chi connectivity index (χ1) is 12.8. The van der Waals surface area contributed by atoms with Gasteiger partial charge in [-0.1, -0.05) is 66.7 Å². The minimum Gasteiger partial charge on any atom is -0.376 e. The summed E-state index contributed by atoms with van der Waals surface area (Å²) in [7, 11) is 0. The molecule has 0 fully saturated rings. The lowest BCUT2D eigenvalue weighted by atomic mass is 9.81. The van der Waals surface area contributed by atoms with Crippen LogP contribution in [0, 0.1) is 0 Å². The number of fused-ring (bicyclic) bond motifs is 3. The number of hydrogen-bond acceptors (Lipinski definition) is 3. The molecule has 1 atom stereocenters. The number of hydrogen-bond donors (Lipinski definition) is 1.